The highest BCUT2D eigenvalue weighted by molar-refractivity contribution is 7.21. The molecule has 0 saturated heterocycles. The van der Waals surface area contributed by atoms with Gasteiger partial charge in [-0.3, -0.25) is 0 Å². The number of fused-ring (bicyclic) bond motifs is 7. The summed E-state index contributed by atoms with van der Waals surface area (Å²) in [5.41, 5.74) is 9.71. The van der Waals surface area contributed by atoms with Crippen molar-refractivity contribution in [2.45, 2.75) is 0 Å². The van der Waals surface area contributed by atoms with Crippen molar-refractivity contribution in [1.29, 1.82) is 0 Å². The molecule has 0 saturated carbocycles. The van der Waals surface area contributed by atoms with Crippen molar-refractivity contribution in [2.24, 2.45) is 0 Å². The Bertz CT molecular complexity index is 3110. The number of furan rings is 2. The van der Waals surface area contributed by atoms with Crippen molar-refractivity contribution >= 4 is 65.4 Å². The number of para-hydroxylation sites is 2. The van der Waals surface area contributed by atoms with Crippen molar-refractivity contribution in [3.63, 3.8) is 0 Å². The quantitative estimate of drug-likeness (QED) is 0.178. The maximum atomic E-state index is 6.88. The van der Waals surface area contributed by atoms with Crippen LogP contribution in [0.2, 0.25) is 0 Å². The molecule has 11 rings (SSSR count). The summed E-state index contributed by atoms with van der Waals surface area (Å²) in [6, 6.07) is 53.2. The average molecular weight is 699 g/mol. The third-order valence-electron chi connectivity index (χ3n) is 9.78. The largest absolute Gasteiger partial charge is 0.456 e. The van der Waals surface area contributed by atoms with Crippen LogP contribution in [0.3, 0.4) is 0 Å². The van der Waals surface area contributed by atoms with E-state index in [9.17, 15) is 0 Å². The standard InChI is InChI=1S/C46H26N4O2S/c1-4-14-27(15-5-1)43-48-44(28-16-6-2-7-17-28)50-45(49-43)33-25-24-32(42-38(33)30-20-10-13-23-35(30)52-42)40-39-31-21-11-12-22-34(31)51-36(39)26-37-41(40)47-46(53-37)29-18-8-3-9-19-29/h1-26H. The average Bonchev–Trinajstić information content (AvgIpc) is 3.94. The van der Waals surface area contributed by atoms with E-state index < -0.39 is 0 Å². The summed E-state index contributed by atoms with van der Waals surface area (Å²) >= 11 is 1.66. The van der Waals surface area contributed by atoms with E-state index in [2.05, 4.69) is 48.5 Å². The van der Waals surface area contributed by atoms with E-state index >= 15 is 0 Å². The van der Waals surface area contributed by atoms with Crippen molar-refractivity contribution in [3.05, 3.63) is 158 Å². The molecule has 0 spiro atoms. The van der Waals surface area contributed by atoms with Crippen LogP contribution in [0.1, 0.15) is 0 Å². The Balaban J connectivity index is 1.24. The number of hydrogen-bond acceptors (Lipinski definition) is 7. The van der Waals surface area contributed by atoms with E-state index in [0.717, 1.165) is 92.5 Å². The van der Waals surface area contributed by atoms with E-state index in [1.807, 2.05) is 109 Å². The van der Waals surface area contributed by atoms with Crippen molar-refractivity contribution in [3.8, 4) is 55.9 Å². The van der Waals surface area contributed by atoms with E-state index in [-0.39, 0.29) is 0 Å². The molecule has 0 amide bonds. The molecule has 4 aromatic heterocycles. The van der Waals surface area contributed by atoms with Crippen molar-refractivity contribution in [1.82, 2.24) is 19.9 Å². The molecule has 248 valence electrons. The van der Waals surface area contributed by atoms with E-state index in [4.69, 9.17) is 28.8 Å². The molecule has 11 aromatic rings. The van der Waals surface area contributed by atoms with Gasteiger partial charge in [0.2, 0.25) is 0 Å². The summed E-state index contributed by atoms with van der Waals surface area (Å²) < 4.78 is 14.5. The minimum absolute atomic E-state index is 0.568. The summed E-state index contributed by atoms with van der Waals surface area (Å²) in [5.74, 6) is 1.77. The molecule has 0 atom stereocenters. The zero-order chi connectivity index (χ0) is 34.9. The molecular formula is C46H26N4O2S. The van der Waals surface area contributed by atoms with Crippen LogP contribution in [0.25, 0.3) is 110 Å². The molecule has 7 aromatic carbocycles. The molecule has 0 unspecified atom stereocenters. The second kappa shape index (κ2) is 11.8. The Morgan fingerprint density at radius 2 is 0.943 bits per heavy atom. The van der Waals surface area contributed by atoms with Gasteiger partial charge in [-0.2, -0.15) is 0 Å². The first-order valence-electron chi connectivity index (χ1n) is 17.4. The smallest absolute Gasteiger partial charge is 0.164 e. The lowest BCUT2D eigenvalue weighted by Crippen LogP contribution is -2.00. The molecule has 0 aliphatic carbocycles. The molecular weight excluding hydrogens is 673 g/mol. The summed E-state index contributed by atoms with van der Waals surface area (Å²) in [6.07, 6.45) is 0. The number of hydrogen-bond donors (Lipinski definition) is 0. The van der Waals surface area contributed by atoms with E-state index in [0.29, 0.717) is 17.5 Å². The number of aromatic nitrogens is 4. The van der Waals surface area contributed by atoms with Crippen LogP contribution < -0.4 is 0 Å². The lowest BCUT2D eigenvalue weighted by Gasteiger charge is -2.11. The Morgan fingerprint density at radius 3 is 1.60 bits per heavy atom. The van der Waals surface area contributed by atoms with Crippen LogP contribution >= 0.6 is 11.3 Å². The van der Waals surface area contributed by atoms with Gasteiger partial charge >= 0.3 is 0 Å². The molecule has 4 heterocycles. The maximum absolute atomic E-state index is 6.88. The fourth-order valence-electron chi connectivity index (χ4n) is 7.38. The predicted octanol–water partition coefficient (Wildman–Crippen LogP) is 12.6. The summed E-state index contributed by atoms with van der Waals surface area (Å²) in [5, 5.41) is 4.89. The van der Waals surface area contributed by atoms with Crippen LogP contribution in [-0.2, 0) is 0 Å². The summed E-state index contributed by atoms with van der Waals surface area (Å²) in [7, 11) is 0. The Morgan fingerprint density at radius 1 is 0.415 bits per heavy atom. The first-order chi connectivity index (χ1) is 26.3. The molecule has 0 N–H and O–H groups in total. The number of thiazole rings is 1. The highest BCUT2D eigenvalue weighted by Gasteiger charge is 2.26. The highest BCUT2D eigenvalue weighted by atomic mass is 32.1. The first kappa shape index (κ1) is 29.7. The third-order valence-corrected chi connectivity index (χ3v) is 10.8. The SMILES string of the molecule is c1ccc(-c2nc(-c3ccccc3)nc(-c3ccc(-c4c5nc(-c6ccccc6)sc5cc5oc6ccccc6c45)c4oc5ccccc5c34)n2)cc1. The maximum Gasteiger partial charge on any atom is 0.164 e. The van der Waals surface area contributed by atoms with Gasteiger partial charge in [-0.25, -0.2) is 19.9 Å². The zero-order valence-electron chi connectivity index (χ0n) is 28.0. The van der Waals surface area contributed by atoms with Gasteiger partial charge in [0, 0.05) is 61.0 Å². The fourth-order valence-corrected chi connectivity index (χ4v) is 8.39. The fraction of sp³-hybridized carbons (Fsp3) is 0. The van der Waals surface area contributed by atoms with Crippen LogP contribution in [0.4, 0.5) is 0 Å². The van der Waals surface area contributed by atoms with Gasteiger partial charge in [-0.15, -0.1) is 11.3 Å². The summed E-state index contributed by atoms with van der Waals surface area (Å²) in [4.78, 5) is 20.5. The van der Waals surface area contributed by atoms with Crippen LogP contribution in [-0.4, -0.2) is 19.9 Å². The van der Waals surface area contributed by atoms with E-state index in [1.165, 1.54) is 0 Å². The lowest BCUT2D eigenvalue weighted by atomic mass is 9.94. The minimum Gasteiger partial charge on any atom is -0.456 e. The van der Waals surface area contributed by atoms with Gasteiger partial charge in [0.25, 0.3) is 0 Å². The third kappa shape index (κ3) is 4.79. The molecule has 7 heteroatoms. The van der Waals surface area contributed by atoms with Crippen LogP contribution in [0.5, 0.6) is 0 Å². The molecule has 0 bridgehead atoms. The van der Waals surface area contributed by atoms with Crippen molar-refractivity contribution in [2.75, 3.05) is 0 Å². The van der Waals surface area contributed by atoms with Gasteiger partial charge < -0.3 is 8.83 Å². The van der Waals surface area contributed by atoms with Gasteiger partial charge in [-0.1, -0.05) is 127 Å². The molecule has 0 radical (unpaired) electrons. The van der Waals surface area contributed by atoms with E-state index in [1.54, 1.807) is 11.3 Å². The van der Waals surface area contributed by atoms with Crippen LogP contribution in [0, 0.1) is 0 Å². The molecule has 53 heavy (non-hydrogen) atoms. The second-order valence-corrected chi connectivity index (χ2v) is 14.0. The summed E-state index contributed by atoms with van der Waals surface area (Å²) in [6.45, 7) is 0. The predicted molar refractivity (Wildman–Crippen MR) is 215 cm³/mol. The van der Waals surface area contributed by atoms with Crippen LogP contribution in [0.15, 0.2) is 167 Å². The molecule has 0 aliphatic rings. The number of nitrogens with zero attached hydrogens (tertiary/aromatic N) is 4. The molecule has 0 fully saturated rings. The normalized spacial score (nSPS) is 11.8. The Labute approximate surface area is 306 Å². The highest BCUT2D eigenvalue weighted by Crippen LogP contribution is 2.48. The topological polar surface area (TPSA) is 77.8 Å². The molecule has 0 aliphatic heterocycles. The first-order valence-corrected chi connectivity index (χ1v) is 18.2. The number of benzene rings is 7. The van der Waals surface area contributed by atoms with Gasteiger partial charge in [0.1, 0.15) is 27.3 Å². The number of rotatable bonds is 5. The molecule has 6 nitrogen and oxygen atoms in total. The van der Waals surface area contributed by atoms with Gasteiger partial charge in [0.05, 0.1) is 10.2 Å². The van der Waals surface area contributed by atoms with Crippen molar-refractivity contribution < 1.29 is 8.83 Å². The van der Waals surface area contributed by atoms with Gasteiger partial charge in [0.15, 0.2) is 17.5 Å². The Kier molecular flexibility index (Phi) is 6.62. The zero-order valence-corrected chi connectivity index (χ0v) is 28.8. The Hall–Kier alpha value is -6.96. The minimum atomic E-state index is 0.568. The monoisotopic (exact) mass is 698 g/mol. The lowest BCUT2D eigenvalue weighted by molar-refractivity contribution is 0.669. The van der Waals surface area contributed by atoms with Gasteiger partial charge in [-0.05, 0) is 24.3 Å². The second-order valence-electron chi connectivity index (χ2n) is 13.0.